The summed E-state index contributed by atoms with van der Waals surface area (Å²) < 4.78 is 51.3. The average molecular weight is 675 g/mol. The quantitative estimate of drug-likeness (QED) is 0.139. The van der Waals surface area contributed by atoms with Crippen LogP contribution >= 0.6 is 0 Å². The molecule has 14 nitrogen and oxygen atoms in total. The van der Waals surface area contributed by atoms with Gasteiger partial charge in [-0.25, -0.2) is 28.3 Å². The minimum absolute atomic E-state index is 0.0335. The highest BCUT2D eigenvalue weighted by Gasteiger charge is 2.57. The van der Waals surface area contributed by atoms with Crippen LogP contribution in [0, 0.1) is 11.6 Å². The second-order valence-corrected chi connectivity index (χ2v) is 18.0. The molecule has 0 unspecified atom stereocenters. The van der Waals surface area contributed by atoms with Gasteiger partial charge in [0.15, 0.2) is 34.3 Å². The third kappa shape index (κ3) is 6.71. The van der Waals surface area contributed by atoms with Crippen LogP contribution in [0.4, 0.5) is 24.2 Å². The molecule has 1 fully saturated rings. The number of imide groups is 1. The number of rotatable bonds is 13. The SMILES string of the molecule is COC(=O)NCCNc1nc2cc([C@]3(CN4Cc5ccc(OC)c(F)c5C4=O)NC(=O)N(COCC[Si](C)(C)C)C3=O)oc2cc1F. The molecule has 4 heterocycles. The fourth-order valence-electron chi connectivity index (χ4n) is 5.29. The number of ether oxygens (including phenoxy) is 3. The Bertz CT molecular complexity index is 1730. The predicted molar refractivity (Wildman–Crippen MR) is 167 cm³/mol. The number of nitrogens with one attached hydrogen (secondary N) is 3. The van der Waals surface area contributed by atoms with Crippen molar-refractivity contribution in [3.05, 3.63) is 52.8 Å². The number of aromatic nitrogens is 1. The smallest absolute Gasteiger partial charge is 0.406 e. The van der Waals surface area contributed by atoms with Gasteiger partial charge >= 0.3 is 12.1 Å². The molecule has 0 saturated carbocycles. The number of fused-ring (bicyclic) bond motifs is 2. The maximum absolute atomic E-state index is 15.1. The summed E-state index contributed by atoms with van der Waals surface area (Å²) in [6, 6.07) is 5.40. The van der Waals surface area contributed by atoms with E-state index in [2.05, 4.69) is 45.3 Å². The second-order valence-electron chi connectivity index (χ2n) is 12.4. The molecule has 5 rings (SSSR count). The number of pyridine rings is 1. The Kier molecular flexibility index (Phi) is 9.40. The number of urea groups is 1. The highest BCUT2D eigenvalue weighted by molar-refractivity contribution is 6.76. The van der Waals surface area contributed by atoms with Gasteiger partial charge in [0.05, 0.1) is 26.3 Å². The first kappa shape index (κ1) is 33.6. The summed E-state index contributed by atoms with van der Waals surface area (Å²) in [6.07, 6.45) is -0.652. The summed E-state index contributed by atoms with van der Waals surface area (Å²) in [7, 11) is 1.03. The van der Waals surface area contributed by atoms with Crippen LogP contribution < -0.4 is 20.7 Å². The molecule has 0 aliphatic carbocycles. The molecule has 17 heteroatoms. The topological polar surface area (TPSA) is 165 Å². The molecule has 2 aromatic heterocycles. The molecule has 1 atom stereocenters. The van der Waals surface area contributed by atoms with E-state index in [1.165, 1.54) is 31.3 Å². The standard InChI is InChI=1S/C30H36F2N6O8Si/c1-43-20-7-6-17-14-37(26(39)23(17)24(20)32)15-30(27(40)38(28(41)36-30)16-45-10-11-47(3,4)5)22-13-19-21(46-22)12-18(31)25(35-19)33-8-9-34-29(42)44-2/h6-7,12-13H,8-11,14-16H2,1-5H3,(H,33,35)(H,34,42)(H,36,41)/t30-/m0/s1. The third-order valence-electron chi connectivity index (χ3n) is 7.84. The van der Waals surface area contributed by atoms with Crippen LogP contribution in [0.2, 0.25) is 25.7 Å². The number of amides is 5. The second kappa shape index (κ2) is 13.1. The Morgan fingerprint density at radius 2 is 1.91 bits per heavy atom. The summed E-state index contributed by atoms with van der Waals surface area (Å²) in [4.78, 5) is 58.6. The predicted octanol–water partition coefficient (Wildman–Crippen LogP) is 3.60. The van der Waals surface area contributed by atoms with Crippen LogP contribution in [0.3, 0.4) is 0 Å². The first-order valence-electron chi connectivity index (χ1n) is 14.8. The van der Waals surface area contributed by atoms with E-state index in [1.807, 2.05) is 0 Å². The van der Waals surface area contributed by atoms with E-state index in [9.17, 15) is 23.6 Å². The zero-order chi connectivity index (χ0) is 34.1. The molecular weight excluding hydrogens is 638 g/mol. The monoisotopic (exact) mass is 674 g/mol. The molecule has 2 aliphatic rings. The van der Waals surface area contributed by atoms with E-state index in [4.69, 9.17) is 13.9 Å². The van der Waals surface area contributed by atoms with E-state index in [1.54, 1.807) is 6.07 Å². The number of carbonyl (C=O) groups excluding carboxylic acids is 4. The van der Waals surface area contributed by atoms with Crippen molar-refractivity contribution in [2.75, 3.05) is 52.5 Å². The number of halogens is 2. The van der Waals surface area contributed by atoms with Crippen molar-refractivity contribution < 1.29 is 46.6 Å². The number of hydrogen-bond acceptors (Lipinski definition) is 10. The fraction of sp³-hybridized carbons (Fsp3) is 0.433. The van der Waals surface area contributed by atoms with Crippen LogP contribution in [0.15, 0.2) is 28.7 Å². The van der Waals surface area contributed by atoms with Crippen LogP contribution in [-0.2, 0) is 26.4 Å². The molecule has 47 heavy (non-hydrogen) atoms. The zero-order valence-electron chi connectivity index (χ0n) is 26.6. The van der Waals surface area contributed by atoms with Crippen LogP contribution in [0.1, 0.15) is 21.7 Å². The molecule has 1 aromatic carbocycles. The molecule has 0 bridgehead atoms. The highest BCUT2D eigenvalue weighted by Crippen LogP contribution is 2.38. The number of carbonyl (C=O) groups is 4. The van der Waals surface area contributed by atoms with E-state index < -0.39 is 55.7 Å². The largest absolute Gasteiger partial charge is 0.494 e. The lowest BCUT2D eigenvalue weighted by Crippen LogP contribution is -2.52. The van der Waals surface area contributed by atoms with Crippen molar-refractivity contribution in [1.29, 1.82) is 0 Å². The zero-order valence-corrected chi connectivity index (χ0v) is 27.6. The highest BCUT2D eigenvalue weighted by atomic mass is 28.3. The summed E-state index contributed by atoms with van der Waals surface area (Å²) in [5.74, 6) is -3.49. The van der Waals surface area contributed by atoms with Gasteiger partial charge in [-0.3, -0.25) is 9.59 Å². The van der Waals surface area contributed by atoms with Gasteiger partial charge in [-0.05, 0) is 17.7 Å². The van der Waals surface area contributed by atoms with Crippen LogP contribution in [0.25, 0.3) is 11.1 Å². The number of methoxy groups -OCH3 is 2. The Morgan fingerprint density at radius 3 is 2.62 bits per heavy atom. The first-order valence-corrected chi connectivity index (χ1v) is 18.5. The Balaban J connectivity index is 1.46. The number of nitrogens with zero attached hydrogens (tertiary/aromatic N) is 3. The summed E-state index contributed by atoms with van der Waals surface area (Å²) >= 11 is 0. The van der Waals surface area contributed by atoms with Crippen molar-refractivity contribution in [1.82, 2.24) is 25.4 Å². The lowest BCUT2D eigenvalue weighted by atomic mass is 9.95. The van der Waals surface area contributed by atoms with Gasteiger partial charge < -0.3 is 39.5 Å². The lowest BCUT2D eigenvalue weighted by Gasteiger charge is -2.29. The van der Waals surface area contributed by atoms with E-state index in [0.29, 0.717) is 12.2 Å². The Labute approximate surface area is 269 Å². The van der Waals surface area contributed by atoms with Gasteiger partial charge in [-0.2, -0.15) is 0 Å². The Hall–Kier alpha value is -4.77. The van der Waals surface area contributed by atoms with E-state index >= 15 is 4.39 Å². The van der Waals surface area contributed by atoms with Crippen molar-refractivity contribution in [3.63, 3.8) is 0 Å². The minimum Gasteiger partial charge on any atom is -0.494 e. The maximum atomic E-state index is 15.1. The third-order valence-corrected chi connectivity index (χ3v) is 9.55. The van der Waals surface area contributed by atoms with Crippen LogP contribution in [-0.4, -0.2) is 94.0 Å². The van der Waals surface area contributed by atoms with E-state index in [0.717, 1.165) is 17.0 Å². The normalized spacial score (nSPS) is 17.7. The summed E-state index contributed by atoms with van der Waals surface area (Å²) in [5, 5.41) is 7.89. The molecular formula is C30H36F2N6O8Si. The lowest BCUT2D eigenvalue weighted by molar-refractivity contribution is -0.136. The average Bonchev–Trinajstić information content (AvgIpc) is 3.65. The molecule has 252 valence electrons. The van der Waals surface area contributed by atoms with Gasteiger partial charge in [-0.15, -0.1) is 0 Å². The van der Waals surface area contributed by atoms with Gasteiger partial charge in [0.2, 0.25) is 0 Å². The van der Waals surface area contributed by atoms with Gasteiger partial charge in [-0.1, -0.05) is 25.7 Å². The number of anilines is 1. The number of hydrogen-bond donors (Lipinski definition) is 3. The van der Waals surface area contributed by atoms with Gasteiger partial charge in [0.25, 0.3) is 11.8 Å². The molecule has 2 aliphatic heterocycles. The molecule has 3 aromatic rings. The molecule has 5 amide bonds. The molecule has 3 N–H and O–H groups in total. The van der Waals surface area contributed by atoms with Gasteiger partial charge in [0.1, 0.15) is 18.0 Å². The fourth-order valence-corrected chi connectivity index (χ4v) is 6.05. The minimum atomic E-state index is -1.98. The number of alkyl carbamates (subject to hydrolysis) is 1. The molecule has 0 spiro atoms. The first-order chi connectivity index (χ1) is 22.3. The van der Waals surface area contributed by atoms with Crippen molar-refractivity contribution in [3.8, 4) is 5.75 Å². The molecule has 1 saturated heterocycles. The Morgan fingerprint density at radius 1 is 1.15 bits per heavy atom. The van der Waals surface area contributed by atoms with Crippen molar-refractivity contribution >= 4 is 48.9 Å². The number of benzene rings is 1. The maximum Gasteiger partial charge on any atom is 0.406 e. The van der Waals surface area contributed by atoms with E-state index in [-0.39, 0.29) is 60.4 Å². The number of furan rings is 1. The van der Waals surface area contributed by atoms with Crippen LogP contribution in [0.5, 0.6) is 5.75 Å². The van der Waals surface area contributed by atoms with Crippen molar-refractivity contribution in [2.45, 2.75) is 37.8 Å². The van der Waals surface area contributed by atoms with Gasteiger partial charge in [0, 0.05) is 46.4 Å². The summed E-state index contributed by atoms with van der Waals surface area (Å²) in [5.41, 5.74) is -1.70. The molecule has 0 radical (unpaired) electrons. The van der Waals surface area contributed by atoms with Crippen molar-refractivity contribution in [2.24, 2.45) is 0 Å². The summed E-state index contributed by atoms with van der Waals surface area (Å²) in [6.45, 7) is 6.20.